The third kappa shape index (κ3) is 2.07. The van der Waals surface area contributed by atoms with Crippen LogP contribution in [0.5, 0.6) is 11.5 Å². The fourth-order valence-corrected chi connectivity index (χ4v) is 2.80. The molecule has 112 valence electrons. The van der Waals surface area contributed by atoms with Gasteiger partial charge in [0.15, 0.2) is 5.78 Å². The summed E-state index contributed by atoms with van der Waals surface area (Å²) in [7, 11) is 0. The zero-order chi connectivity index (χ0) is 16.0. The second kappa shape index (κ2) is 4.96. The Labute approximate surface area is 126 Å². The smallest absolute Gasteiger partial charge is 0.201 e. The first-order chi connectivity index (χ1) is 10.4. The van der Waals surface area contributed by atoms with Crippen LogP contribution in [0.1, 0.15) is 44.3 Å². The minimum Gasteiger partial charge on any atom is -0.507 e. The summed E-state index contributed by atoms with van der Waals surface area (Å²) in [4.78, 5) is 25.1. The van der Waals surface area contributed by atoms with E-state index in [2.05, 4.69) is 0 Å². The average molecular weight is 298 g/mol. The molecule has 0 radical (unpaired) electrons. The van der Waals surface area contributed by atoms with Crippen LogP contribution in [0.2, 0.25) is 0 Å². The fraction of sp³-hybridized carbons (Fsp3) is 0.176. The number of aliphatic hydroxyl groups is 1. The van der Waals surface area contributed by atoms with E-state index in [0.29, 0.717) is 5.56 Å². The van der Waals surface area contributed by atoms with Crippen LogP contribution in [0.4, 0.5) is 0 Å². The highest BCUT2D eigenvalue weighted by atomic mass is 16.3. The number of hydrogen-bond acceptors (Lipinski definition) is 5. The van der Waals surface area contributed by atoms with Crippen molar-refractivity contribution in [1.82, 2.24) is 0 Å². The first kappa shape index (κ1) is 14.3. The summed E-state index contributed by atoms with van der Waals surface area (Å²) in [5.41, 5.74) is 0.591. The molecule has 2 aromatic rings. The largest absolute Gasteiger partial charge is 0.507 e. The second-order valence-corrected chi connectivity index (χ2v) is 5.45. The summed E-state index contributed by atoms with van der Waals surface area (Å²) >= 11 is 0. The molecule has 1 aliphatic rings. The van der Waals surface area contributed by atoms with Crippen molar-refractivity contribution in [1.29, 1.82) is 0 Å². The van der Waals surface area contributed by atoms with E-state index in [1.807, 2.05) is 0 Å². The number of carbonyl (C=O) groups excluding carboxylic acids is 2. The molecule has 3 N–H and O–H groups in total. The quantitative estimate of drug-likeness (QED) is 0.670. The number of fused-ring (bicyclic) bond motifs is 2. The number of phenols is 2. The first-order valence-electron chi connectivity index (χ1n) is 6.85. The van der Waals surface area contributed by atoms with E-state index in [1.165, 1.54) is 30.3 Å². The van der Waals surface area contributed by atoms with Crippen molar-refractivity contribution in [3.05, 3.63) is 58.1 Å². The van der Waals surface area contributed by atoms with Crippen molar-refractivity contribution < 1.29 is 24.9 Å². The molecule has 2 aromatic carbocycles. The lowest BCUT2D eigenvalue weighted by Crippen LogP contribution is -2.21. The number of aromatic hydroxyl groups is 2. The molecule has 3 rings (SSSR count). The van der Waals surface area contributed by atoms with Gasteiger partial charge in [0.2, 0.25) is 5.78 Å². The molecule has 0 saturated carbocycles. The van der Waals surface area contributed by atoms with Crippen LogP contribution in [0.25, 0.3) is 0 Å². The van der Waals surface area contributed by atoms with Gasteiger partial charge in [-0.05, 0) is 37.1 Å². The molecule has 0 spiro atoms. The summed E-state index contributed by atoms with van der Waals surface area (Å²) < 4.78 is 0. The van der Waals surface area contributed by atoms with Crippen molar-refractivity contribution >= 4 is 11.6 Å². The van der Waals surface area contributed by atoms with Crippen molar-refractivity contribution in [2.75, 3.05) is 0 Å². The third-order valence-electron chi connectivity index (χ3n) is 3.69. The number of rotatable bonds is 2. The number of ketones is 2. The van der Waals surface area contributed by atoms with Crippen LogP contribution < -0.4 is 0 Å². The molecule has 22 heavy (non-hydrogen) atoms. The van der Waals surface area contributed by atoms with Gasteiger partial charge in [-0.25, -0.2) is 0 Å². The lowest BCUT2D eigenvalue weighted by molar-refractivity contribution is 0.0974. The molecule has 0 amide bonds. The Balaban J connectivity index is 2.23. The number of carbonyl (C=O) groups is 2. The molecule has 0 heterocycles. The summed E-state index contributed by atoms with van der Waals surface area (Å²) in [5.74, 6) is -1.61. The standard InChI is InChI=1S/C17H14O5/c1-8(18)5-9-6-11-15(13(20)7-9)17(22)14-10(16(11)21)3-2-4-12(14)19/h2-4,6-8,18-20H,5H2,1H3/t8-/m0/s1. The Bertz CT molecular complexity index is 805. The molecule has 0 bridgehead atoms. The lowest BCUT2D eigenvalue weighted by Gasteiger charge is -2.20. The van der Waals surface area contributed by atoms with Crippen molar-refractivity contribution in [3.63, 3.8) is 0 Å². The SMILES string of the molecule is C[C@H](O)Cc1cc(O)c2c(c1)C(=O)c1cccc(O)c1C2=O. The van der Waals surface area contributed by atoms with E-state index in [0.717, 1.165) is 0 Å². The molecule has 0 saturated heterocycles. The maximum atomic E-state index is 12.6. The molecule has 1 atom stereocenters. The van der Waals surface area contributed by atoms with E-state index < -0.39 is 17.7 Å². The van der Waals surface area contributed by atoms with Crippen LogP contribution in [0.3, 0.4) is 0 Å². The Morgan fingerprint density at radius 3 is 2.32 bits per heavy atom. The van der Waals surface area contributed by atoms with Crippen LogP contribution in [0, 0.1) is 0 Å². The Hall–Kier alpha value is -2.66. The Kier molecular flexibility index (Phi) is 3.22. The van der Waals surface area contributed by atoms with Crippen molar-refractivity contribution in [2.45, 2.75) is 19.4 Å². The zero-order valence-corrected chi connectivity index (χ0v) is 11.8. The minimum absolute atomic E-state index is 0.0847. The molecule has 0 unspecified atom stereocenters. The fourth-order valence-electron chi connectivity index (χ4n) is 2.80. The van der Waals surface area contributed by atoms with Gasteiger partial charge in [0, 0.05) is 11.1 Å². The second-order valence-electron chi connectivity index (χ2n) is 5.45. The molecule has 5 heteroatoms. The molecule has 0 aliphatic heterocycles. The normalized spacial score (nSPS) is 14.5. The van der Waals surface area contributed by atoms with Gasteiger partial charge < -0.3 is 15.3 Å². The maximum Gasteiger partial charge on any atom is 0.201 e. The third-order valence-corrected chi connectivity index (χ3v) is 3.69. The average Bonchev–Trinajstić information content (AvgIpc) is 2.43. The number of benzene rings is 2. The lowest BCUT2D eigenvalue weighted by atomic mass is 9.82. The highest BCUT2D eigenvalue weighted by Gasteiger charge is 2.34. The van der Waals surface area contributed by atoms with E-state index in [4.69, 9.17) is 0 Å². The molecule has 0 fully saturated rings. The van der Waals surface area contributed by atoms with Crippen LogP contribution in [0.15, 0.2) is 30.3 Å². The van der Waals surface area contributed by atoms with Gasteiger partial charge in [-0.2, -0.15) is 0 Å². The van der Waals surface area contributed by atoms with E-state index in [-0.39, 0.29) is 40.2 Å². The highest BCUT2D eigenvalue weighted by Crippen LogP contribution is 2.37. The molecule has 1 aliphatic carbocycles. The predicted molar refractivity (Wildman–Crippen MR) is 78.5 cm³/mol. The first-order valence-corrected chi connectivity index (χ1v) is 6.85. The Morgan fingerprint density at radius 1 is 0.955 bits per heavy atom. The van der Waals surface area contributed by atoms with Gasteiger partial charge in [-0.3, -0.25) is 9.59 Å². The predicted octanol–water partition coefficient (Wildman–Crippen LogP) is 1.80. The summed E-state index contributed by atoms with van der Waals surface area (Å²) in [6.45, 7) is 1.59. The summed E-state index contributed by atoms with van der Waals surface area (Å²) in [6.07, 6.45) is -0.377. The summed E-state index contributed by atoms with van der Waals surface area (Å²) in [6, 6.07) is 7.16. The Morgan fingerprint density at radius 2 is 1.64 bits per heavy atom. The monoisotopic (exact) mass is 298 g/mol. The van der Waals surface area contributed by atoms with Gasteiger partial charge in [0.25, 0.3) is 0 Å². The zero-order valence-electron chi connectivity index (χ0n) is 11.8. The molecule has 0 aromatic heterocycles. The number of phenolic OH excluding ortho intramolecular Hbond substituents is 2. The highest BCUT2D eigenvalue weighted by molar-refractivity contribution is 6.30. The van der Waals surface area contributed by atoms with Crippen molar-refractivity contribution in [2.24, 2.45) is 0 Å². The van der Waals surface area contributed by atoms with Crippen LogP contribution in [-0.4, -0.2) is 33.0 Å². The topological polar surface area (TPSA) is 94.8 Å². The van der Waals surface area contributed by atoms with Gasteiger partial charge >= 0.3 is 0 Å². The summed E-state index contributed by atoms with van der Waals surface area (Å²) in [5, 5.41) is 29.4. The molecule has 5 nitrogen and oxygen atoms in total. The van der Waals surface area contributed by atoms with Crippen LogP contribution >= 0.6 is 0 Å². The number of hydrogen-bond donors (Lipinski definition) is 3. The van der Waals surface area contributed by atoms with Gasteiger partial charge in [0.05, 0.1) is 17.2 Å². The molecular weight excluding hydrogens is 284 g/mol. The van der Waals surface area contributed by atoms with E-state index >= 15 is 0 Å². The molecular formula is C17H14O5. The van der Waals surface area contributed by atoms with Crippen molar-refractivity contribution in [3.8, 4) is 11.5 Å². The van der Waals surface area contributed by atoms with E-state index in [1.54, 1.807) is 6.92 Å². The minimum atomic E-state index is -0.636. The van der Waals surface area contributed by atoms with Crippen LogP contribution in [-0.2, 0) is 6.42 Å². The van der Waals surface area contributed by atoms with E-state index in [9.17, 15) is 24.9 Å². The maximum absolute atomic E-state index is 12.6. The van der Waals surface area contributed by atoms with Gasteiger partial charge in [0.1, 0.15) is 11.5 Å². The van der Waals surface area contributed by atoms with Gasteiger partial charge in [-0.15, -0.1) is 0 Å². The number of aliphatic hydroxyl groups excluding tert-OH is 1. The van der Waals surface area contributed by atoms with Gasteiger partial charge in [-0.1, -0.05) is 12.1 Å².